The Morgan fingerprint density at radius 1 is 1.33 bits per heavy atom. The number of nitrogens with one attached hydrogen (secondary N) is 2. The van der Waals surface area contributed by atoms with E-state index in [0.29, 0.717) is 6.54 Å². The minimum atomic E-state index is -4.64. The van der Waals surface area contributed by atoms with Gasteiger partial charge >= 0.3 is 6.18 Å². The maximum atomic E-state index is 12.8. The summed E-state index contributed by atoms with van der Waals surface area (Å²) in [6.45, 7) is 2.23. The number of aliphatic hydroxyl groups excluding tert-OH is 1. The number of alkyl halides is 3. The van der Waals surface area contributed by atoms with Crippen molar-refractivity contribution in [2.24, 2.45) is 0 Å². The van der Waals surface area contributed by atoms with Crippen LogP contribution in [0.2, 0.25) is 0 Å². The molecule has 1 unspecified atom stereocenters. The van der Waals surface area contributed by atoms with Crippen LogP contribution in [0.4, 0.5) is 24.8 Å². The third-order valence-electron chi connectivity index (χ3n) is 2.48. The standard InChI is InChI=1S/C12H19F3N4O2/c1-3-4-16-9-5-10(17-8(6-20)7-21-2)19-11(18-9)12(13,14)15/h5,8,20H,3-4,6-7H2,1-2H3,(H2,16,17,18,19). The quantitative estimate of drug-likeness (QED) is 0.679. The highest BCUT2D eigenvalue weighted by molar-refractivity contribution is 5.48. The fraction of sp³-hybridized carbons (Fsp3) is 0.667. The Hall–Kier alpha value is -1.61. The monoisotopic (exact) mass is 308 g/mol. The lowest BCUT2D eigenvalue weighted by atomic mass is 10.3. The van der Waals surface area contributed by atoms with Crippen LogP contribution in [-0.2, 0) is 10.9 Å². The molecule has 1 heterocycles. The topological polar surface area (TPSA) is 79.3 Å². The summed E-state index contributed by atoms with van der Waals surface area (Å²) in [5, 5.41) is 14.6. The van der Waals surface area contributed by atoms with Crippen molar-refractivity contribution in [1.82, 2.24) is 9.97 Å². The first-order chi connectivity index (χ1) is 9.90. The highest BCUT2D eigenvalue weighted by Gasteiger charge is 2.35. The van der Waals surface area contributed by atoms with Crippen molar-refractivity contribution in [3.05, 3.63) is 11.9 Å². The average molecular weight is 308 g/mol. The molecule has 1 aromatic rings. The Morgan fingerprint density at radius 3 is 2.52 bits per heavy atom. The van der Waals surface area contributed by atoms with E-state index in [1.54, 1.807) is 0 Å². The van der Waals surface area contributed by atoms with E-state index in [0.717, 1.165) is 6.42 Å². The van der Waals surface area contributed by atoms with Gasteiger partial charge in [-0.2, -0.15) is 13.2 Å². The number of nitrogens with zero attached hydrogens (tertiary/aromatic N) is 2. The lowest BCUT2D eigenvalue weighted by Gasteiger charge is -2.17. The largest absolute Gasteiger partial charge is 0.451 e. The summed E-state index contributed by atoms with van der Waals surface area (Å²) in [7, 11) is 1.43. The fourth-order valence-corrected chi connectivity index (χ4v) is 1.54. The van der Waals surface area contributed by atoms with Crippen LogP contribution in [0.3, 0.4) is 0 Å². The van der Waals surface area contributed by atoms with Gasteiger partial charge in [0, 0.05) is 19.7 Å². The summed E-state index contributed by atoms with van der Waals surface area (Å²) in [5.74, 6) is -1.18. The lowest BCUT2D eigenvalue weighted by molar-refractivity contribution is -0.144. The van der Waals surface area contributed by atoms with E-state index in [9.17, 15) is 13.2 Å². The molecular formula is C12H19F3N4O2. The normalized spacial score (nSPS) is 13.0. The number of hydrogen-bond donors (Lipinski definition) is 3. The van der Waals surface area contributed by atoms with Crippen molar-refractivity contribution in [3.63, 3.8) is 0 Å². The summed E-state index contributed by atoms with van der Waals surface area (Å²) in [4.78, 5) is 6.87. The number of ether oxygens (including phenoxy) is 1. The predicted octanol–water partition coefficient (Wildman–Crippen LogP) is 1.74. The minimum absolute atomic E-state index is 0.0213. The van der Waals surface area contributed by atoms with Crippen LogP contribution in [0.5, 0.6) is 0 Å². The molecule has 0 aliphatic heterocycles. The Balaban J connectivity index is 3.00. The van der Waals surface area contributed by atoms with Crippen LogP contribution in [0.25, 0.3) is 0 Å². The van der Waals surface area contributed by atoms with E-state index in [-0.39, 0.29) is 24.8 Å². The number of anilines is 2. The zero-order valence-corrected chi connectivity index (χ0v) is 11.9. The van der Waals surface area contributed by atoms with E-state index in [4.69, 9.17) is 9.84 Å². The molecule has 3 N–H and O–H groups in total. The van der Waals surface area contributed by atoms with Crippen molar-refractivity contribution in [2.45, 2.75) is 25.6 Å². The summed E-state index contributed by atoms with van der Waals surface area (Å²) < 4.78 is 43.2. The van der Waals surface area contributed by atoms with Gasteiger partial charge in [0.05, 0.1) is 19.3 Å². The van der Waals surface area contributed by atoms with Crippen LogP contribution >= 0.6 is 0 Å². The van der Waals surface area contributed by atoms with Gasteiger partial charge in [-0.1, -0.05) is 6.92 Å². The maximum absolute atomic E-state index is 12.8. The summed E-state index contributed by atoms with van der Waals surface area (Å²) in [6, 6.07) is 0.813. The Kier molecular flexibility index (Phi) is 6.63. The van der Waals surface area contributed by atoms with Gasteiger partial charge in [-0.05, 0) is 6.42 Å². The molecule has 120 valence electrons. The smallest absolute Gasteiger partial charge is 0.394 e. The molecule has 0 saturated carbocycles. The summed E-state index contributed by atoms with van der Waals surface area (Å²) in [6.07, 6.45) is -3.90. The molecule has 0 amide bonds. The minimum Gasteiger partial charge on any atom is -0.394 e. The van der Waals surface area contributed by atoms with E-state index in [2.05, 4.69) is 20.6 Å². The van der Waals surface area contributed by atoms with Crippen LogP contribution in [0, 0.1) is 0 Å². The van der Waals surface area contributed by atoms with Crippen molar-refractivity contribution >= 4 is 11.6 Å². The molecule has 0 aliphatic carbocycles. The molecule has 1 rings (SSSR count). The van der Waals surface area contributed by atoms with Gasteiger partial charge in [-0.3, -0.25) is 0 Å². The van der Waals surface area contributed by atoms with Gasteiger partial charge in [-0.25, -0.2) is 9.97 Å². The van der Waals surface area contributed by atoms with Gasteiger partial charge in [0.2, 0.25) is 5.82 Å². The van der Waals surface area contributed by atoms with Crippen LogP contribution < -0.4 is 10.6 Å². The Morgan fingerprint density at radius 2 is 2.00 bits per heavy atom. The molecule has 21 heavy (non-hydrogen) atoms. The molecule has 0 fully saturated rings. The van der Waals surface area contributed by atoms with Crippen LogP contribution in [-0.4, -0.2) is 48.0 Å². The number of hydrogen-bond acceptors (Lipinski definition) is 6. The van der Waals surface area contributed by atoms with Gasteiger partial charge in [0.25, 0.3) is 0 Å². The zero-order valence-electron chi connectivity index (χ0n) is 11.9. The van der Waals surface area contributed by atoms with Gasteiger partial charge in [-0.15, -0.1) is 0 Å². The molecule has 0 bridgehead atoms. The zero-order chi connectivity index (χ0) is 15.9. The average Bonchev–Trinajstić information content (AvgIpc) is 2.43. The second-order valence-electron chi connectivity index (χ2n) is 4.37. The number of aromatic nitrogens is 2. The molecule has 9 heteroatoms. The van der Waals surface area contributed by atoms with E-state index in [1.165, 1.54) is 13.2 Å². The summed E-state index contributed by atoms with van der Waals surface area (Å²) in [5.41, 5.74) is 0. The first-order valence-corrected chi connectivity index (χ1v) is 6.47. The molecule has 6 nitrogen and oxygen atoms in total. The van der Waals surface area contributed by atoms with E-state index in [1.807, 2.05) is 6.92 Å². The highest BCUT2D eigenvalue weighted by atomic mass is 19.4. The SMILES string of the molecule is CCCNc1cc(NC(CO)COC)nc(C(F)(F)F)n1. The van der Waals surface area contributed by atoms with Crippen molar-refractivity contribution in [3.8, 4) is 0 Å². The second-order valence-corrected chi connectivity index (χ2v) is 4.37. The lowest BCUT2D eigenvalue weighted by Crippen LogP contribution is -2.29. The van der Waals surface area contributed by atoms with Gasteiger partial charge in [0.1, 0.15) is 11.6 Å². The molecule has 0 aromatic carbocycles. The van der Waals surface area contributed by atoms with E-state index < -0.39 is 18.0 Å². The summed E-state index contributed by atoms with van der Waals surface area (Å²) >= 11 is 0. The van der Waals surface area contributed by atoms with Crippen molar-refractivity contribution in [2.75, 3.05) is 37.5 Å². The molecule has 0 radical (unpaired) electrons. The Labute approximate surface area is 120 Å². The van der Waals surface area contributed by atoms with Crippen LogP contribution in [0.15, 0.2) is 6.07 Å². The van der Waals surface area contributed by atoms with Gasteiger partial charge in [0.15, 0.2) is 0 Å². The maximum Gasteiger partial charge on any atom is 0.451 e. The third kappa shape index (κ3) is 5.72. The molecule has 0 saturated heterocycles. The highest BCUT2D eigenvalue weighted by Crippen LogP contribution is 2.28. The van der Waals surface area contributed by atoms with Gasteiger partial charge < -0.3 is 20.5 Å². The molecule has 1 aromatic heterocycles. The number of rotatable bonds is 8. The van der Waals surface area contributed by atoms with Crippen molar-refractivity contribution in [1.29, 1.82) is 0 Å². The Bertz CT molecular complexity index is 443. The third-order valence-corrected chi connectivity index (χ3v) is 2.48. The number of halogens is 3. The first kappa shape index (κ1) is 17.4. The molecule has 1 atom stereocenters. The fourth-order valence-electron chi connectivity index (χ4n) is 1.54. The predicted molar refractivity (Wildman–Crippen MR) is 72.2 cm³/mol. The number of methoxy groups -OCH3 is 1. The first-order valence-electron chi connectivity index (χ1n) is 6.47. The number of aliphatic hydroxyl groups is 1. The van der Waals surface area contributed by atoms with Crippen LogP contribution in [0.1, 0.15) is 19.2 Å². The van der Waals surface area contributed by atoms with E-state index >= 15 is 0 Å². The molecule has 0 spiro atoms. The van der Waals surface area contributed by atoms with Crippen molar-refractivity contribution < 1.29 is 23.0 Å². The second kappa shape index (κ2) is 7.99. The molecule has 0 aliphatic rings. The molecular weight excluding hydrogens is 289 g/mol.